The van der Waals surface area contributed by atoms with Gasteiger partial charge in [-0.05, 0) is 22.0 Å². The molecule has 11 heavy (non-hydrogen) atoms. The zero-order chi connectivity index (χ0) is 8.59. The Labute approximate surface area is 82.6 Å². The van der Waals surface area contributed by atoms with Gasteiger partial charge in [-0.2, -0.15) is 0 Å². The van der Waals surface area contributed by atoms with E-state index < -0.39 is 0 Å². The van der Waals surface area contributed by atoms with Crippen molar-refractivity contribution in [1.82, 2.24) is 0 Å². The van der Waals surface area contributed by atoms with Gasteiger partial charge < -0.3 is 11.5 Å². The van der Waals surface area contributed by atoms with Crippen LogP contribution in [0.1, 0.15) is 0 Å². The second kappa shape index (κ2) is 3.09. The van der Waals surface area contributed by atoms with E-state index in [1.807, 2.05) is 0 Å². The van der Waals surface area contributed by atoms with Crippen LogP contribution in [0.4, 0.5) is 11.4 Å². The molecule has 0 amide bonds. The molecule has 0 spiro atoms. The summed E-state index contributed by atoms with van der Waals surface area (Å²) in [5.41, 5.74) is 11.7. The van der Waals surface area contributed by atoms with E-state index in [2.05, 4.69) is 15.9 Å². The number of halogens is 3. The smallest absolute Gasteiger partial charge is 0.0891 e. The van der Waals surface area contributed by atoms with Gasteiger partial charge in [-0.15, -0.1) is 0 Å². The number of nitrogen functional groups attached to an aromatic ring is 2. The Hall–Kier alpha value is -0.120. The average Bonchev–Trinajstić information content (AvgIpc) is 1.97. The van der Waals surface area contributed by atoms with Crippen LogP contribution in [-0.2, 0) is 0 Å². The highest BCUT2D eigenvalue weighted by Gasteiger charge is 2.08. The van der Waals surface area contributed by atoms with E-state index in [1.54, 1.807) is 6.07 Å². The lowest BCUT2D eigenvalue weighted by Gasteiger charge is -2.05. The summed E-state index contributed by atoms with van der Waals surface area (Å²) in [4.78, 5) is 0. The zero-order valence-corrected chi connectivity index (χ0v) is 8.46. The third-order valence-electron chi connectivity index (χ3n) is 1.24. The van der Waals surface area contributed by atoms with Crippen molar-refractivity contribution in [2.24, 2.45) is 0 Å². The summed E-state index contributed by atoms with van der Waals surface area (Å²) in [7, 11) is 0. The van der Waals surface area contributed by atoms with E-state index in [1.165, 1.54) is 0 Å². The number of nitrogens with two attached hydrogens (primary N) is 2. The fourth-order valence-corrected chi connectivity index (χ4v) is 1.75. The van der Waals surface area contributed by atoms with Gasteiger partial charge in [0.15, 0.2) is 0 Å². The molecule has 5 heteroatoms. The number of anilines is 2. The molecule has 0 aliphatic heterocycles. The van der Waals surface area contributed by atoms with Crippen molar-refractivity contribution in [2.75, 3.05) is 11.5 Å². The summed E-state index contributed by atoms with van der Waals surface area (Å²) in [5.74, 6) is 0. The summed E-state index contributed by atoms with van der Waals surface area (Å²) in [6.07, 6.45) is 0. The minimum absolute atomic E-state index is 0.296. The van der Waals surface area contributed by atoms with Gasteiger partial charge >= 0.3 is 0 Å². The lowest BCUT2D eigenvalue weighted by Crippen LogP contribution is -1.94. The third-order valence-corrected chi connectivity index (χ3v) is 2.62. The van der Waals surface area contributed by atoms with Crippen molar-refractivity contribution in [1.29, 1.82) is 0 Å². The average molecular weight is 256 g/mol. The molecule has 0 aromatic heterocycles. The summed E-state index contributed by atoms with van der Waals surface area (Å²) >= 11 is 14.6. The maximum Gasteiger partial charge on any atom is 0.0891 e. The quantitative estimate of drug-likeness (QED) is 0.701. The molecule has 2 nitrogen and oxygen atoms in total. The molecule has 0 saturated heterocycles. The molecule has 0 fully saturated rings. The predicted molar refractivity (Wildman–Crippen MR) is 53.0 cm³/mol. The van der Waals surface area contributed by atoms with Gasteiger partial charge in [-0.1, -0.05) is 23.2 Å². The largest absolute Gasteiger partial charge is 0.397 e. The van der Waals surface area contributed by atoms with Crippen LogP contribution in [0.5, 0.6) is 0 Å². The van der Waals surface area contributed by atoms with Crippen LogP contribution in [0.25, 0.3) is 0 Å². The van der Waals surface area contributed by atoms with E-state index in [4.69, 9.17) is 34.7 Å². The maximum atomic E-state index is 5.72. The Bertz CT molecular complexity index is 275. The second-order valence-corrected chi connectivity index (χ2v) is 3.62. The van der Waals surface area contributed by atoms with Crippen molar-refractivity contribution < 1.29 is 0 Å². The van der Waals surface area contributed by atoms with Crippen molar-refractivity contribution in [3.63, 3.8) is 0 Å². The van der Waals surface area contributed by atoms with Crippen LogP contribution in [0, 0.1) is 0 Å². The number of hydrogen-bond acceptors (Lipinski definition) is 2. The van der Waals surface area contributed by atoms with Gasteiger partial charge in [0, 0.05) is 4.47 Å². The van der Waals surface area contributed by atoms with Crippen molar-refractivity contribution in [3.05, 3.63) is 20.6 Å². The number of hydrogen-bond donors (Lipinski definition) is 2. The summed E-state index contributed by atoms with van der Waals surface area (Å²) < 4.78 is 0.654. The first kappa shape index (κ1) is 8.97. The fraction of sp³-hybridized carbons (Fsp3) is 0. The molecule has 0 heterocycles. The normalized spacial score (nSPS) is 10.1. The first-order valence-electron chi connectivity index (χ1n) is 2.72. The zero-order valence-electron chi connectivity index (χ0n) is 5.37. The molecule has 4 N–H and O–H groups in total. The maximum absolute atomic E-state index is 5.72. The second-order valence-electron chi connectivity index (χ2n) is 1.98. The van der Waals surface area contributed by atoms with Crippen LogP contribution in [0.3, 0.4) is 0 Å². The van der Waals surface area contributed by atoms with Gasteiger partial charge in [-0.25, -0.2) is 0 Å². The topological polar surface area (TPSA) is 52.0 Å². The molecule has 0 bridgehead atoms. The number of rotatable bonds is 0. The fourth-order valence-electron chi connectivity index (χ4n) is 0.622. The van der Waals surface area contributed by atoms with E-state index in [0.717, 1.165) is 0 Å². The van der Waals surface area contributed by atoms with E-state index in [-0.39, 0.29) is 0 Å². The molecule has 0 aliphatic rings. The minimum Gasteiger partial charge on any atom is -0.397 e. The highest BCUT2D eigenvalue weighted by Crippen LogP contribution is 2.37. The molecule has 0 radical (unpaired) electrons. The lowest BCUT2D eigenvalue weighted by atomic mass is 10.3. The molecule has 1 aromatic rings. The van der Waals surface area contributed by atoms with E-state index >= 15 is 0 Å². The standard InChI is InChI=1S/C6H5BrCl2N2/c7-2-1-3(8)6(11)4(9)5(2)10/h1H,10-11H2. The monoisotopic (exact) mass is 254 g/mol. The van der Waals surface area contributed by atoms with Gasteiger partial charge in [0.25, 0.3) is 0 Å². The van der Waals surface area contributed by atoms with Crippen LogP contribution < -0.4 is 11.5 Å². The van der Waals surface area contributed by atoms with Crippen LogP contribution in [-0.4, -0.2) is 0 Å². The predicted octanol–water partition coefficient (Wildman–Crippen LogP) is 2.92. The molecule has 60 valence electrons. The Morgan fingerprint density at radius 1 is 1.18 bits per heavy atom. The molecule has 0 atom stereocenters. The van der Waals surface area contributed by atoms with Crippen molar-refractivity contribution >= 4 is 50.5 Å². The highest BCUT2D eigenvalue weighted by atomic mass is 79.9. The van der Waals surface area contributed by atoms with Crippen molar-refractivity contribution in [2.45, 2.75) is 0 Å². The molecular weight excluding hydrogens is 251 g/mol. The lowest BCUT2D eigenvalue weighted by molar-refractivity contribution is 1.62. The molecule has 0 aliphatic carbocycles. The minimum atomic E-state index is 0.296. The Morgan fingerprint density at radius 2 is 1.73 bits per heavy atom. The van der Waals surface area contributed by atoms with E-state index in [9.17, 15) is 0 Å². The van der Waals surface area contributed by atoms with Crippen LogP contribution >= 0.6 is 39.1 Å². The summed E-state index contributed by atoms with van der Waals surface area (Å²) in [6, 6.07) is 1.61. The Kier molecular flexibility index (Phi) is 2.52. The molecular formula is C6H5BrCl2N2. The van der Waals surface area contributed by atoms with E-state index in [0.29, 0.717) is 25.9 Å². The summed E-state index contributed by atoms with van der Waals surface area (Å²) in [5, 5.41) is 0.695. The van der Waals surface area contributed by atoms with Crippen molar-refractivity contribution in [3.8, 4) is 0 Å². The van der Waals surface area contributed by atoms with Gasteiger partial charge in [-0.3, -0.25) is 0 Å². The SMILES string of the molecule is Nc1c(Cl)cc(Br)c(N)c1Cl. The molecule has 0 unspecified atom stereocenters. The van der Waals surface area contributed by atoms with Crippen LogP contribution in [0.2, 0.25) is 10.0 Å². The summed E-state index contributed by atoms with van der Waals surface area (Å²) in [6.45, 7) is 0. The first-order chi connectivity index (χ1) is 5.04. The molecule has 1 aromatic carbocycles. The molecule has 0 saturated carbocycles. The number of benzene rings is 1. The van der Waals surface area contributed by atoms with Gasteiger partial charge in [0.2, 0.25) is 0 Å². The Balaban J connectivity index is 3.46. The van der Waals surface area contributed by atoms with Crippen LogP contribution in [0.15, 0.2) is 10.5 Å². The Morgan fingerprint density at radius 3 is 2.27 bits per heavy atom. The van der Waals surface area contributed by atoms with Gasteiger partial charge in [0.1, 0.15) is 0 Å². The third kappa shape index (κ3) is 1.55. The highest BCUT2D eigenvalue weighted by molar-refractivity contribution is 9.10. The van der Waals surface area contributed by atoms with Gasteiger partial charge in [0.05, 0.1) is 21.4 Å². The molecule has 1 rings (SSSR count). The first-order valence-corrected chi connectivity index (χ1v) is 4.27.